The van der Waals surface area contributed by atoms with E-state index in [4.69, 9.17) is 0 Å². The van der Waals surface area contributed by atoms with Gasteiger partial charge in [0.2, 0.25) is 11.8 Å². The van der Waals surface area contributed by atoms with Crippen LogP contribution < -0.4 is 5.32 Å². The number of pyridine rings is 1. The van der Waals surface area contributed by atoms with Crippen LogP contribution in [0.4, 0.5) is 5.69 Å². The summed E-state index contributed by atoms with van der Waals surface area (Å²) >= 11 is 0. The third-order valence-corrected chi connectivity index (χ3v) is 4.69. The molecule has 132 valence electrons. The summed E-state index contributed by atoms with van der Waals surface area (Å²) in [5, 5.41) is 4.00. The van der Waals surface area contributed by atoms with E-state index in [1.807, 2.05) is 49.4 Å². The van der Waals surface area contributed by atoms with Crippen LogP contribution in [-0.4, -0.2) is 33.2 Å². The number of aromatic nitrogens is 2. The lowest BCUT2D eigenvalue weighted by molar-refractivity contribution is -0.128. The first-order chi connectivity index (χ1) is 12.6. The topological polar surface area (TPSA) is 78.1 Å². The normalized spacial score (nSPS) is 17.0. The molecule has 26 heavy (non-hydrogen) atoms. The highest BCUT2D eigenvalue weighted by molar-refractivity contribution is 5.98. The summed E-state index contributed by atoms with van der Waals surface area (Å²) in [4.78, 5) is 34.0. The number of carbonyl (C=O) groups excluding carboxylic acids is 2. The van der Waals surface area contributed by atoms with E-state index in [1.54, 1.807) is 11.1 Å². The van der Waals surface area contributed by atoms with Gasteiger partial charge in [0.15, 0.2) is 0 Å². The minimum absolute atomic E-state index is 0.00693. The van der Waals surface area contributed by atoms with Gasteiger partial charge < -0.3 is 15.2 Å². The predicted molar refractivity (Wildman–Crippen MR) is 99.4 cm³/mol. The van der Waals surface area contributed by atoms with Crippen molar-refractivity contribution in [3.05, 3.63) is 60.0 Å². The number of benzene rings is 1. The molecule has 0 aliphatic carbocycles. The van der Waals surface area contributed by atoms with Gasteiger partial charge in [-0.25, -0.2) is 0 Å². The molecule has 0 unspecified atom stereocenters. The predicted octanol–water partition coefficient (Wildman–Crippen LogP) is 2.86. The second-order valence-corrected chi connectivity index (χ2v) is 6.74. The number of nitrogens with one attached hydrogen (secondary N) is 2. The fourth-order valence-electron chi connectivity index (χ4n) is 3.39. The lowest BCUT2D eigenvalue weighted by atomic mass is 10.1. The van der Waals surface area contributed by atoms with Gasteiger partial charge in [-0.3, -0.25) is 14.6 Å². The molecule has 2 N–H and O–H groups in total. The molecular formula is C20H20N4O2. The van der Waals surface area contributed by atoms with Gasteiger partial charge in [-0.15, -0.1) is 0 Å². The van der Waals surface area contributed by atoms with Gasteiger partial charge in [0, 0.05) is 41.4 Å². The molecule has 3 heterocycles. The molecule has 6 nitrogen and oxygen atoms in total. The summed E-state index contributed by atoms with van der Waals surface area (Å²) in [6.07, 6.45) is 1.95. The highest BCUT2D eigenvalue weighted by Gasteiger charge is 2.34. The van der Waals surface area contributed by atoms with E-state index in [-0.39, 0.29) is 24.2 Å². The van der Waals surface area contributed by atoms with Gasteiger partial charge in [-0.2, -0.15) is 0 Å². The summed E-state index contributed by atoms with van der Waals surface area (Å²) in [7, 11) is 0. The van der Waals surface area contributed by atoms with Crippen LogP contribution in [-0.2, 0) is 16.1 Å². The second-order valence-electron chi connectivity index (χ2n) is 6.74. The number of fused-ring (bicyclic) bond motifs is 1. The van der Waals surface area contributed by atoms with Gasteiger partial charge in [-0.1, -0.05) is 6.07 Å². The fourth-order valence-corrected chi connectivity index (χ4v) is 3.39. The molecule has 1 saturated heterocycles. The van der Waals surface area contributed by atoms with Crippen molar-refractivity contribution in [1.82, 2.24) is 14.9 Å². The molecule has 0 bridgehead atoms. The lowest BCUT2D eigenvalue weighted by Gasteiger charge is -2.16. The molecule has 0 saturated carbocycles. The first-order valence-electron chi connectivity index (χ1n) is 8.66. The number of nitrogens with zero attached hydrogens (tertiary/aromatic N) is 2. The van der Waals surface area contributed by atoms with E-state index in [0.717, 1.165) is 28.0 Å². The molecule has 6 heteroatoms. The number of aryl methyl sites for hydroxylation is 1. The van der Waals surface area contributed by atoms with Crippen molar-refractivity contribution in [3.63, 3.8) is 0 Å². The molecule has 1 atom stereocenters. The Morgan fingerprint density at radius 2 is 2.19 bits per heavy atom. The Bertz CT molecular complexity index is 964. The van der Waals surface area contributed by atoms with Crippen LogP contribution >= 0.6 is 0 Å². The Hall–Kier alpha value is -3.15. The maximum atomic E-state index is 12.6. The van der Waals surface area contributed by atoms with E-state index >= 15 is 0 Å². The van der Waals surface area contributed by atoms with Gasteiger partial charge in [0.1, 0.15) is 0 Å². The van der Waals surface area contributed by atoms with Crippen molar-refractivity contribution < 1.29 is 9.59 Å². The molecular weight excluding hydrogens is 328 g/mol. The first kappa shape index (κ1) is 16.3. The Balaban J connectivity index is 1.42. The summed E-state index contributed by atoms with van der Waals surface area (Å²) in [6, 6.07) is 13.4. The molecule has 4 rings (SSSR count). The smallest absolute Gasteiger partial charge is 0.229 e. The largest absolute Gasteiger partial charge is 0.359 e. The summed E-state index contributed by atoms with van der Waals surface area (Å²) in [5.74, 6) is -0.462. The number of H-pyrrole nitrogens is 1. The zero-order valence-corrected chi connectivity index (χ0v) is 14.5. The van der Waals surface area contributed by atoms with Gasteiger partial charge in [0.25, 0.3) is 0 Å². The molecule has 1 aliphatic rings. The van der Waals surface area contributed by atoms with Gasteiger partial charge in [0.05, 0.1) is 18.2 Å². The molecule has 0 spiro atoms. The van der Waals surface area contributed by atoms with Crippen molar-refractivity contribution in [2.24, 2.45) is 5.92 Å². The molecule has 0 radical (unpaired) electrons. The summed E-state index contributed by atoms with van der Waals surface area (Å²) < 4.78 is 0. The van der Waals surface area contributed by atoms with Crippen LogP contribution in [0.2, 0.25) is 0 Å². The van der Waals surface area contributed by atoms with Crippen molar-refractivity contribution >= 4 is 28.4 Å². The van der Waals surface area contributed by atoms with E-state index in [1.165, 1.54) is 0 Å². The Morgan fingerprint density at radius 1 is 1.31 bits per heavy atom. The highest BCUT2D eigenvalue weighted by atomic mass is 16.2. The van der Waals surface area contributed by atoms with E-state index in [0.29, 0.717) is 13.1 Å². The zero-order chi connectivity index (χ0) is 18.1. The number of hydrogen-bond acceptors (Lipinski definition) is 3. The lowest BCUT2D eigenvalue weighted by Crippen LogP contribution is -2.28. The van der Waals surface area contributed by atoms with E-state index in [9.17, 15) is 9.59 Å². The molecule has 2 aromatic heterocycles. The van der Waals surface area contributed by atoms with Crippen molar-refractivity contribution in [1.29, 1.82) is 0 Å². The number of likely N-dealkylation sites (tertiary alicyclic amines) is 1. The molecule has 1 fully saturated rings. The fraction of sp³-hybridized carbons (Fsp3) is 0.250. The number of aromatic amines is 1. The minimum atomic E-state index is -0.338. The first-order valence-corrected chi connectivity index (χ1v) is 8.66. The maximum absolute atomic E-state index is 12.6. The SMILES string of the molecule is Cc1cc2cc(NC(=O)[C@H]3CC(=O)N(Cc4ccccn4)C3)ccc2[nH]1. The third-order valence-electron chi connectivity index (χ3n) is 4.69. The monoisotopic (exact) mass is 348 g/mol. The average Bonchev–Trinajstić information content (AvgIpc) is 3.17. The van der Waals surface area contributed by atoms with Crippen LogP contribution in [0.15, 0.2) is 48.7 Å². The number of rotatable bonds is 4. The maximum Gasteiger partial charge on any atom is 0.229 e. The van der Waals surface area contributed by atoms with E-state index in [2.05, 4.69) is 15.3 Å². The van der Waals surface area contributed by atoms with Gasteiger partial charge in [-0.05, 0) is 43.3 Å². The number of hydrogen-bond donors (Lipinski definition) is 2. The van der Waals surface area contributed by atoms with Crippen molar-refractivity contribution in [2.75, 3.05) is 11.9 Å². The standard InChI is InChI=1S/C20H20N4O2/c1-13-8-14-9-16(5-6-18(14)22-13)23-20(26)15-10-19(25)24(11-15)12-17-4-2-3-7-21-17/h2-9,15,22H,10-12H2,1H3,(H,23,26)/t15-/m0/s1. The second kappa shape index (κ2) is 6.63. The van der Waals surface area contributed by atoms with Crippen molar-refractivity contribution in [2.45, 2.75) is 19.9 Å². The Morgan fingerprint density at radius 3 is 3.00 bits per heavy atom. The Labute approximate surface area is 151 Å². The summed E-state index contributed by atoms with van der Waals surface area (Å²) in [5.41, 5.74) is 3.69. The number of anilines is 1. The van der Waals surface area contributed by atoms with Crippen LogP contribution in [0.5, 0.6) is 0 Å². The number of carbonyl (C=O) groups is 2. The van der Waals surface area contributed by atoms with E-state index < -0.39 is 0 Å². The zero-order valence-electron chi connectivity index (χ0n) is 14.5. The minimum Gasteiger partial charge on any atom is -0.359 e. The van der Waals surface area contributed by atoms with Crippen LogP contribution in [0, 0.1) is 12.8 Å². The quantitative estimate of drug-likeness (QED) is 0.761. The van der Waals surface area contributed by atoms with Gasteiger partial charge >= 0.3 is 0 Å². The van der Waals surface area contributed by atoms with Crippen LogP contribution in [0.25, 0.3) is 10.9 Å². The van der Waals surface area contributed by atoms with Crippen molar-refractivity contribution in [3.8, 4) is 0 Å². The van der Waals surface area contributed by atoms with Crippen LogP contribution in [0.1, 0.15) is 17.8 Å². The van der Waals surface area contributed by atoms with Crippen LogP contribution in [0.3, 0.4) is 0 Å². The number of amides is 2. The molecule has 1 aromatic carbocycles. The molecule has 2 amide bonds. The third kappa shape index (κ3) is 3.31. The molecule has 3 aromatic rings. The summed E-state index contributed by atoms with van der Waals surface area (Å²) in [6.45, 7) is 2.86. The average molecular weight is 348 g/mol. The Kier molecular flexibility index (Phi) is 4.16. The molecule has 1 aliphatic heterocycles. The highest BCUT2D eigenvalue weighted by Crippen LogP contribution is 2.23.